The molecule has 0 aliphatic heterocycles. The number of rotatable bonds is 3. The molecule has 0 atom stereocenters. The summed E-state index contributed by atoms with van der Waals surface area (Å²) in [6, 6.07) is 0. The maximum atomic E-state index is 8.36. The van der Waals surface area contributed by atoms with Crippen LogP contribution in [0.5, 0.6) is 0 Å². The van der Waals surface area contributed by atoms with E-state index in [0.29, 0.717) is 5.13 Å². The summed E-state index contributed by atoms with van der Waals surface area (Å²) in [6.45, 7) is 2.18. The fourth-order valence-electron chi connectivity index (χ4n) is 0.795. The molecule has 6 nitrogen and oxygen atoms in total. The molecule has 0 aromatic carbocycles. The second-order valence-corrected chi connectivity index (χ2v) is 3.41. The number of hydrogen-bond acceptors (Lipinski definition) is 5. The molecule has 0 bridgehead atoms. The summed E-state index contributed by atoms with van der Waals surface area (Å²) in [5.41, 5.74) is 6.60. The number of anilines is 1. The Morgan fingerprint density at radius 2 is 2.36 bits per heavy atom. The third kappa shape index (κ3) is 7.29. The van der Waals surface area contributed by atoms with Crippen LogP contribution in [0.4, 0.5) is 5.13 Å². The van der Waals surface area contributed by atoms with Crippen LogP contribution >= 0.6 is 11.3 Å². The number of aryl methyl sites for hydroxylation is 1. The zero-order valence-corrected chi connectivity index (χ0v) is 8.66. The molecule has 0 saturated carbocycles. The summed E-state index contributed by atoms with van der Waals surface area (Å²) in [4.78, 5) is 12.5. The Morgan fingerprint density at radius 3 is 2.71 bits per heavy atom. The van der Waals surface area contributed by atoms with E-state index in [1.54, 1.807) is 0 Å². The van der Waals surface area contributed by atoms with Crippen molar-refractivity contribution in [2.75, 3.05) is 5.73 Å². The number of nitrogens with two attached hydrogens (primary N) is 1. The van der Waals surface area contributed by atoms with Gasteiger partial charge in [-0.05, 0) is 12.8 Å². The van der Waals surface area contributed by atoms with Gasteiger partial charge in [-0.2, -0.15) is 0 Å². The van der Waals surface area contributed by atoms with E-state index in [1.165, 1.54) is 24.2 Å². The number of thiazole rings is 1. The van der Waals surface area contributed by atoms with E-state index in [4.69, 9.17) is 21.1 Å². The van der Waals surface area contributed by atoms with Gasteiger partial charge in [0.25, 0.3) is 5.09 Å². The van der Waals surface area contributed by atoms with E-state index < -0.39 is 5.09 Å². The number of nitrogen functional groups attached to an aromatic ring is 1. The first kappa shape index (κ1) is 12.6. The molecule has 0 fully saturated rings. The van der Waals surface area contributed by atoms with E-state index in [9.17, 15) is 0 Å². The zero-order valence-electron chi connectivity index (χ0n) is 7.84. The van der Waals surface area contributed by atoms with E-state index in [2.05, 4.69) is 11.9 Å². The Bertz CT molecular complexity index is 273. The van der Waals surface area contributed by atoms with Crippen LogP contribution in [-0.4, -0.2) is 15.3 Å². The average molecular weight is 219 g/mol. The van der Waals surface area contributed by atoms with Gasteiger partial charge in [-0.3, -0.25) is 0 Å². The minimum atomic E-state index is -1.50. The maximum absolute atomic E-state index is 8.36. The standard InChI is InChI=1S/C7H12N2S.HNO3/c1-2-3-4-6-5-10-7(8)9-6;2-1(3)4/h5H,2-4H2,1H3,(H2,8,9);(H,2,3,4). The monoisotopic (exact) mass is 219 g/mol. The highest BCUT2D eigenvalue weighted by Gasteiger charge is 1.95. The van der Waals surface area contributed by atoms with Gasteiger partial charge in [0.05, 0.1) is 5.69 Å². The van der Waals surface area contributed by atoms with Crippen molar-refractivity contribution in [2.24, 2.45) is 0 Å². The normalized spacial score (nSPS) is 8.93. The Morgan fingerprint density at radius 1 is 1.79 bits per heavy atom. The van der Waals surface area contributed by atoms with Crippen molar-refractivity contribution in [3.8, 4) is 0 Å². The first-order valence-electron chi connectivity index (χ1n) is 4.09. The molecule has 0 spiro atoms. The molecule has 1 heterocycles. The third-order valence-electron chi connectivity index (χ3n) is 1.36. The molecular formula is C7H13N3O3S. The Kier molecular flexibility index (Phi) is 6.38. The lowest BCUT2D eigenvalue weighted by Crippen LogP contribution is -1.86. The highest BCUT2D eigenvalue weighted by Crippen LogP contribution is 2.12. The second kappa shape index (κ2) is 7.07. The average Bonchev–Trinajstić information content (AvgIpc) is 2.47. The van der Waals surface area contributed by atoms with Gasteiger partial charge in [0.15, 0.2) is 5.13 Å². The predicted molar refractivity (Wildman–Crippen MR) is 53.9 cm³/mol. The molecule has 1 aromatic heterocycles. The predicted octanol–water partition coefficient (Wildman–Crippen LogP) is 1.72. The lowest BCUT2D eigenvalue weighted by Gasteiger charge is -1.90. The highest BCUT2D eigenvalue weighted by molar-refractivity contribution is 7.13. The first-order chi connectivity index (χ1) is 6.56. The van der Waals surface area contributed by atoms with Gasteiger partial charge in [0.2, 0.25) is 0 Å². The molecule has 7 heteroatoms. The van der Waals surface area contributed by atoms with E-state index in [1.807, 2.05) is 5.38 Å². The van der Waals surface area contributed by atoms with Crippen LogP contribution < -0.4 is 5.73 Å². The van der Waals surface area contributed by atoms with E-state index in [-0.39, 0.29) is 0 Å². The van der Waals surface area contributed by atoms with Crippen LogP contribution in [0, 0.1) is 10.1 Å². The fourth-order valence-corrected chi connectivity index (χ4v) is 1.39. The van der Waals surface area contributed by atoms with Gasteiger partial charge < -0.3 is 10.9 Å². The van der Waals surface area contributed by atoms with Crippen molar-refractivity contribution in [3.05, 3.63) is 21.2 Å². The molecule has 80 valence electrons. The summed E-state index contributed by atoms with van der Waals surface area (Å²) in [5, 5.41) is 16.4. The first-order valence-corrected chi connectivity index (χ1v) is 4.97. The Labute approximate surface area is 85.5 Å². The van der Waals surface area contributed by atoms with E-state index >= 15 is 0 Å². The topological polar surface area (TPSA) is 102 Å². The van der Waals surface area contributed by atoms with Crippen molar-refractivity contribution in [2.45, 2.75) is 26.2 Å². The van der Waals surface area contributed by atoms with Crippen molar-refractivity contribution < 1.29 is 10.3 Å². The molecule has 1 rings (SSSR count). The van der Waals surface area contributed by atoms with Crippen molar-refractivity contribution in [3.63, 3.8) is 0 Å². The van der Waals surface area contributed by atoms with Crippen LogP contribution in [0.15, 0.2) is 5.38 Å². The van der Waals surface area contributed by atoms with Crippen LogP contribution in [0.3, 0.4) is 0 Å². The quantitative estimate of drug-likeness (QED) is 0.595. The molecular weight excluding hydrogens is 206 g/mol. The lowest BCUT2D eigenvalue weighted by molar-refractivity contribution is -0.742. The lowest BCUT2D eigenvalue weighted by atomic mass is 10.2. The molecule has 0 unspecified atom stereocenters. The molecule has 1 aromatic rings. The minimum Gasteiger partial charge on any atom is -0.375 e. The number of hydrogen-bond donors (Lipinski definition) is 2. The van der Waals surface area contributed by atoms with Crippen LogP contribution in [0.25, 0.3) is 0 Å². The SMILES string of the molecule is CCCCc1csc(N)n1.O=[N+]([O-])O. The molecule has 0 aliphatic rings. The van der Waals surface area contributed by atoms with Gasteiger partial charge in [-0.25, -0.2) is 4.98 Å². The van der Waals surface area contributed by atoms with Crippen LogP contribution in [-0.2, 0) is 6.42 Å². The number of nitrogens with zero attached hydrogens (tertiary/aromatic N) is 2. The minimum absolute atomic E-state index is 0.686. The molecule has 14 heavy (non-hydrogen) atoms. The van der Waals surface area contributed by atoms with Crippen molar-refractivity contribution >= 4 is 16.5 Å². The largest absolute Gasteiger partial charge is 0.375 e. The smallest absolute Gasteiger partial charge is 0.291 e. The summed E-state index contributed by atoms with van der Waals surface area (Å²) in [7, 11) is 0. The van der Waals surface area contributed by atoms with Crippen LogP contribution in [0.2, 0.25) is 0 Å². The van der Waals surface area contributed by atoms with E-state index in [0.717, 1.165) is 12.1 Å². The maximum Gasteiger partial charge on any atom is 0.291 e. The van der Waals surface area contributed by atoms with Crippen molar-refractivity contribution in [1.82, 2.24) is 4.98 Å². The molecule has 3 N–H and O–H groups in total. The van der Waals surface area contributed by atoms with Gasteiger partial charge in [0, 0.05) is 5.38 Å². The Hall–Kier alpha value is -1.37. The molecule has 0 amide bonds. The second-order valence-electron chi connectivity index (χ2n) is 2.52. The van der Waals surface area contributed by atoms with Gasteiger partial charge in [-0.15, -0.1) is 21.5 Å². The third-order valence-corrected chi connectivity index (χ3v) is 2.08. The molecule has 0 saturated heterocycles. The summed E-state index contributed by atoms with van der Waals surface area (Å²) in [6.07, 6.45) is 3.50. The highest BCUT2D eigenvalue weighted by atomic mass is 32.1. The zero-order chi connectivity index (χ0) is 11.0. The summed E-state index contributed by atoms with van der Waals surface area (Å²) in [5.74, 6) is 0. The summed E-state index contributed by atoms with van der Waals surface area (Å²) >= 11 is 1.52. The number of unbranched alkanes of at least 4 members (excludes halogenated alkanes) is 1. The van der Waals surface area contributed by atoms with Gasteiger partial charge in [-0.1, -0.05) is 13.3 Å². The molecule has 0 radical (unpaired) electrons. The molecule has 0 aliphatic carbocycles. The van der Waals surface area contributed by atoms with Crippen molar-refractivity contribution in [1.29, 1.82) is 0 Å². The summed E-state index contributed by atoms with van der Waals surface area (Å²) < 4.78 is 0. The number of aromatic nitrogens is 1. The Balaban J connectivity index is 0.000000364. The van der Waals surface area contributed by atoms with Gasteiger partial charge >= 0.3 is 0 Å². The van der Waals surface area contributed by atoms with Crippen LogP contribution in [0.1, 0.15) is 25.5 Å². The van der Waals surface area contributed by atoms with Gasteiger partial charge in [0.1, 0.15) is 0 Å². The fraction of sp³-hybridized carbons (Fsp3) is 0.571.